The summed E-state index contributed by atoms with van der Waals surface area (Å²) >= 11 is 0. The van der Waals surface area contributed by atoms with Crippen LogP contribution in [-0.4, -0.2) is 119 Å². The Balaban J connectivity index is 0. The molecule has 0 rings (SSSR count). The third kappa shape index (κ3) is 30.6. The molecule has 18 heteroatoms. The molecule has 5 amide bonds. The zero-order chi connectivity index (χ0) is 34.0. The molecule has 8 N–H and O–H groups in total. The zero-order valence-electron chi connectivity index (χ0n) is 25.9. The lowest BCUT2D eigenvalue weighted by Crippen LogP contribution is -2.31. The highest BCUT2D eigenvalue weighted by Crippen LogP contribution is 2.03. The van der Waals surface area contributed by atoms with Crippen molar-refractivity contribution in [2.45, 2.75) is 90.4 Å². The predicted molar refractivity (Wildman–Crippen MR) is 159 cm³/mol. The average Bonchev–Trinajstić information content (AvgIpc) is 2.94. The van der Waals surface area contributed by atoms with Gasteiger partial charge in [-0.15, -0.1) is 0 Å². The first kappa shape index (κ1) is 43.2. The van der Waals surface area contributed by atoms with Crippen LogP contribution in [-0.2, 0) is 34.1 Å². The van der Waals surface area contributed by atoms with Gasteiger partial charge < -0.3 is 16.4 Å². The molecule has 0 saturated carbocycles. The van der Waals surface area contributed by atoms with Crippen molar-refractivity contribution in [3.63, 3.8) is 0 Å². The molecule has 0 aromatic heterocycles. The van der Waals surface area contributed by atoms with Crippen molar-refractivity contribution in [1.82, 2.24) is 25.8 Å². The fourth-order valence-electron chi connectivity index (χ4n) is 3.45. The fourth-order valence-corrected chi connectivity index (χ4v) is 3.45. The molecule has 0 aliphatic rings. The summed E-state index contributed by atoms with van der Waals surface area (Å²) in [5, 5.41) is 36.1. The number of nitrogens with two attached hydrogens (primary N) is 1. The monoisotopic (exact) mass is 656 g/mol. The van der Waals surface area contributed by atoms with Crippen LogP contribution in [0.2, 0.25) is 0 Å². The smallest absolute Gasteiger partial charge is 0.261 e. The Hall–Kier alpha value is -2.90. The number of hydroxylamine groups is 6. The van der Waals surface area contributed by atoms with Crippen molar-refractivity contribution in [2.75, 3.05) is 45.5 Å². The van der Waals surface area contributed by atoms with Crippen LogP contribution in [0.3, 0.4) is 0 Å². The number of rotatable bonds is 23. The number of nitrogens with one attached hydrogen (secondary N) is 2. The van der Waals surface area contributed by atoms with Gasteiger partial charge in [0.15, 0.2) is 0 Å². The van der Waals surface area contributed by atoms with Crippen LogP contribution in [0.25, 0.3) is 0 Å². The summed E-state index contributed by atoms with van der Waals surface area (Å²) in [6, 6.07) is 0. The summed E-state index contributed by atoms with van der Waals surface area (Å²) in [5.41, 5.74) is 5.39. The summed E-state index contributed by atoms with van der Waals surface area (Å²) in [7, 11) is -3.67. The molecule has 0 aliphatic heterocycles. The van der Waals surface area contributed by atoms with Crippen molar-refractivity contribution < 1.29 is 52.6 Å². The van der Waals surface area contributed by atoms with Crippen molar-refractivity contribution in [3.05, 3.63) is 0 Å². The van der Waals surface area contributed by atoms with E-state index >= 15 is 0 Å². The van der Waals surface area contributed by atoms with Gasteiger partial charge in [-0.2, -0.15) is 8.42 Å². The van der Waals surface area contributed by atoms with E-state index in [4.69, 9.17) is 10.3 Å². The standard InChI is InChI=1S/C25H48N6O8.CH4O3S/c1-21(32)29(37)18-9-3-6-16-27-22(33)12-14-25(36)31(39)20-10-4-7-17-28-23(34)11-13-24(35)30(38)19-8-2-5-15-26;1-5(2,3)4/h37-39H,2-20,26H2,1H3,(H,27,33)(H,28,34);1H3,(H,2,3,4). The summed E-state index contributed by atoms with van der Waals surface area (Å²) in [6.45, 7) is 3.22. The Morgan fingerprint density at radius 3 is 1.30 bits per heavy atom. The minimum absolute atomic E-state index is 0.0191. The van der Waals surface area contributed by atoms with Crippen molar-refractivity contribution >= 4 is 39.7 Å². The second-order valence-corrected chi connectivity index (χ2v) is 11.5. The van der Waals surface area contributed by atoms with Gasteiger partial charge >= 0.3 is 0 Å². The third-order valence-corrected chi connectivity index (χ3v) is 5.88. The summed E-state index contributed by atoms with van der Waals surface area (Å²) < 4.78 is 25.9. The van der Waals surface area contributed by atoms with Gasteiger partial charge in [0.25, 0.3) is 10.1 Å². The number of hydrogen-bond acceptors (Lipinski definition) is 11. The van der Waals surface area contributed by atoms with Gasteiger partial charge in [0.2, 0.25) is 29.5 Å². The van der Waals surface area contributed by atoms with Crippen molar-refractivity contribution in [2.24, 2.45) is 5.73 Å². The third-order valence-electron chi connectivity index (χ3n) is 5.88. The first-order valence-electron chi connectivity index (χ1n) is 14.7. The van der Waals surface area contributed by atoms with Crippen LogP contribution < -0.4 is 16.4 Å². The van der Waals surface area contributed by atoms with Gasteiger partial charge in [0.05, 0.1) is 6.26 Å². The van der Waals surface area contributed by atoms with Crippen LogP contribution >= 0.6 is 0 Å². The number of hydrogen-bond donors (Lipinski definition) is 7. The second kappa shape index (κ2) is 26.5. The molecule has 0 aromatic rings. The van der Waals surface area contributed by atoms with Crippen LogP contribution in [0.1, 0.15) is 90.4 Å². The highest BCUT2D eigenvalue weighted by Gasteiger charge is 2.14. The van der Waals surface area contributed by atoms with Gasteiger partial charge in [-0.25, -0.2) is 15.2 Å². The summed E-state index contributed by atoms with van der Waals surface area (Å²) in [4.78, 5) is 58.4. The van der Waals surface area contributed by atoms with Gasteiger partial charge in [0, 0.05) is 65.3 Å². The molecule has 0 radical (unpaired) electrons. The van der Waals surface area contributed by atoms with Crippen molar-refractivity contribution in [3.8, 4) is 0 Å². The average molecular weight is 657 g/mol. The molecule has 0 heterocycles. The molecule has 0 aliphatic carbocycles. The quantitative estimate of drug-likeness (QED) is 0.0342. The van der Waals surface area contributed by atoms with E-state index < -0.39 is 27.8 Å². The lowest BCUT2D eigenvalue weighted by Gasteiger charge is -2.15. The number of unbranched alkanes of at least 4 members (excludes halogenated alkanes) is 6. The molecule has 44 heavy (non-hydrogen) atoms. The molecule has 0 spiro atoms. The highest BCUT2D eigenvalue weighted by atomic mass is 32.2. The van der Waals surface area contributed by atoms with E-state index in [0.29, 0.717) is 79.6 Å². The molecule has 17 nitrogen and oxygen atoms in total. The number of carbonyl (C=O) groups excluding carboxylic acids is 5. The first-order chi connectivity index (χ1) is 20.6. The Morgan fingerprint density at radius 2 is 0.955 bits per heavy atom. The van der Waals surface area contributed by atoms with Crippen LogP contribution in [0.4, 0.5) is 0 Å². The fraction of sp³-hybridized carbons (Fsp3) is 0.808. The first-order valence-corrected chi connectivity index (χ1v) is 16.5. The number of carbonyl (C=O) groups is 5. The molecule has 0 saturated heterocycles. The normalized spacial score (nSPS) is 10.7. The van der Waals surface area contributed by atoms with Gasteiger partial charge in [0.1, 0.15) is 0 Å². The van der Waals surface area contributed by atoms with Crippen LogP contribution in [0, 0.1) is 0 Å². The minimum atomic E-state index is -3.67. The molecule has 0 fully saturated rings. The van der Waals surface area contributed by atoms with E-state index in [9.17, 15) is 48.0 Å². The molecule has 0 atom stereocenters. The topological polar surface area (TPSA) is 260 Å². The lowest BCUT2D eigenvalue weighted by molar-refractivity contribution is -0.166. The van der Waals surface area contributed by atoms with Gasteiger partial charge in [-0.05, 0) is 57.9 Å². The Morgan fingerprint density at radius 1 is 0.614 bits per heavy atom. The Kier molecular flexibility index (Phi) is 26.0. The van der Waals surface area contributed by atoms with Crippen molar-refractivity contribution in [1.29, 1.82) is 0 Å². The summed E-state index contributed by atoms with van der Waals surface area (Å²) in [5.74, 6) is -2.05. The van der Waals surface area contributed by atoms with Gasteiger partial charge in [-0.1, -0.05) is 6.42 Å². The molecule has 0 unspecified atom stereocenters. The Bertz CT molecular complexity index is 945. The van der Waals surface area contributed by atoms with E-state index in [1.165, 1.54) is 6.92 Å². The highest BCUT2D eigenvalue weighted by molar-refractivity contribution is 7.85. The molecule has 0 bridgehead atoms. The maximum Gasteiger partial charge on any atom is 0.261 e. The van der Waals surface area contributed by atoms with E-state index in [-0.39, 0.29) is 57.1 Å². The number of nitrogens with zero attached hydrogens (tertiary/aromatic N) is 3. The Labute approximate surface area is 259 Å². The molecule has 258 valence electrons. The number of amides is 5. The SMILES string of the molecule is CC(=O)N(O)CCCCCNC(=O)CCC(=O)N(O)CCCCCNC(=O)CCC(=O)N(O)CCCCCN.CS(=O)(=O)O. The lowest BCUT2D eigenvalue weighted by atomic mass is 10.2. The largest absolute Gasteiger partial charge is 0.356 e. The predicted octanol–water partition coefficient (Wildman–Crippen LogP) is 0.426. The molecular formula is C26H52N6O11S. The van der Waals surface area contributed by atoms with E-state index in [0.717, 1.165) is 19.3 Å². The van der Waals surface area contributed by atoms with E-state index in [2.05, 4.69) is 10.6 Å². The summed E-state index contributed by atoms with van der Waals surface area (Å²) in [6.07, 6.45) is 6.55. The van der Waals surface area contributed by atoms with E-state index in [1.807, 2.05) is 0 Å². The molecular weight excluding hydrogens is 604 g/mol. The van der Waals surface area contributed by atoms with Crippen LogP contribution in [0.5, 0.6) is 0 Å². The maximum atomic E-state index is 12.0. The van der Waals surface area contributed by atoms with E-state index in [1.54, 1.807) is 0 Å². The van der Waals surface area contributed by atoms with Gasteiger partial charge in [-0.3, -0.25) is 44.1 Å². The second-order valence-electron chi connectivity index (χ2n) is 10.1. The van der Waals surface area contributed by atoms with Crippen LogP contribution in [0.15, 0.2) is 0 Å². The molecule has 0 aromatic carbocycles. The maximum absolute atomic E-state index is 12.0. The minimum Gasteiger partial charge on any atom is -0.356 e. The zero-order valence-corrected chi connectivity index (χ0v) is 26.7.